The van der Waals surface area contributed by atoms with E-state index in [-0.39, 0.29) is 22.9 Å². The Kier molecular flexibility index (Phi) is 7.25. The highest BCUT2D eigenvalue weighted by molar-refractivity contribution is 6.11. The van der Waals surface area contributed by atoms with Crippen LogP contribution in [0.25, 0.3) is 10.8 Å². The number of carbonyl (C=O) groups excluding carboxylic acids is 2. The fraction of sp³-hybridized carbons (Fsp3) is 0.143. The number of phenolic OH excluding ortho intramolecular Hbond substituents is 1. The summed E-state index contributed by atoms with van der Waals surface area (Å²) in [5.74, 6) is -0.626. The Morgan fingerprint density at radius 3 is 2.42 bits per heavy atom. The van der Waals surface area contributed by atoms with Gasteiger partial charge in [0, 0.05) is 23.2 Å². The van der Waals surface area contributed by atoms with E-state index in [2.05, 4.69) is 20.9 Å². The Morgan fingerprint density at radius 1 is 0.944 bits per heavy atom. The molecule has 3 N–H and O–H groups in total. The van der Waals surface area contributed by atoms with Gasteiger partial charge in [-0.1, -0.05) is 42.0 Å². The maximum Gasteiger partial charge on any atom is 0.259 e. The van der Waals surface area contributed by atoms with E-state index >= 15 is 0 Å². The number of hydrogen-bond donors (Lipinski definition) is 3. The molecular weight excluding hydrogens is 456 g/mol. The van der Waals surface area contributed by atoms with Crippen LogP contribution in [0.15, 0.2) is 83.0 Å². The van der Waals surface area contributed by atoms with E-state index in [1.165, 1.54) is 7.11 Å². The molecule has 4 aromatic carbocycles. The van der Waals surface area contributed by atoms with Gasteiger partial charge >= 0.3 is 0 Å². The molecule has 36 heavy (non-hydrogen) atoms. The third-order valence-corrected chi connectivity index (χ3v) is 5.59. The summed E-state index contributed by atoms with van der Waals surface area (Å²) in [6.07, 6.45) is 0. The summed E-state index contributed by atoms with van der Waals surface area (Å²) in [4.78, 5) is 25.3. The number of amides is 2. The molecule has 4 rings (SSSR count). The zero-order valence-electron chi connectivity index (χ0n) is 20.2. The van der Waals surface area contributed by atoms with Crippen LogP contribution in [0.2, 0.25) is 0 Å². The summed E-state index contributed by atoms with van der Waals surface area (Å²) in [6, 6.07) is 21.0. The summed E-state index contributed by atoms with van der Waals surface area (Å²) < 4.78 is 5.37. The molecule has 0 aromatic heterocycles. The second kappa shape index (κ2) is 10.7. The van der Waals surface area contributed by atoms with E-state index in [0.717, 1.165) is 5.56 Å². The highest BCUT2D eigenvalue weighted by Crippen LogP contribution is 2.40. The number of hydrogen-bond acceptors (Lipinski definition) is 6. The summed E-state index contributed by atoms with van der Waals surface area (Å²) in [5, 5.41) is 26.5. The molecule has 0 bridgehead atoms. The molecule has 0 aliphatic carbocycles. The van der Waals surface area contributed by atoms with E-state index in [9.17, 15) is 14.7 Å². The van der Waals surface area contributed by atoms with E-state index in [4.69, 9.17) is 4.74 Å². The van der Waals surface area contributed by atoms with Crippen molar-refractivity contribution >= 4 is 39.6 Å². The van der Waals surface area contributed by atoms with Crippen LogP contribution in [0.5, 0.6) is 11.5 Å². The lowest BCUT2D eigenvalue weighted by Crippen LogP contribution is -2.22. The number of nitrogens with one attached hydrogen (secondary N) is 2. The van der Waals surface area contributed by atoms with Gasteiger partial charge in [0.15, 0.2) is 5.75 Å². The predicted molar refractivity (Wildman–Crippen MR) is 140 cm³/mol. The molecule has 0 radical (unpaired) electrons. The summed E-state index contributed by atoms with van der Waals surface area (Å²) in [6.45, 7) is 4.27. The van der Waals surface area contributed by atoms with Gasteiger partial charge in [0.25, 0.3) is 11.8 Å². The number of benzene rings is 4. The second-order valence-electron chi connectivity index (χ2n) is 8.11. The minimum absolute atomic E-state index is 0.0614. The number of phenols is 1. The van der Waals surface area contributed by atoms with Crippen molar-refractivity contribution in [1.82, 2.24) is 5.32 Å². The molecule has 0 saturated carbocycles. The average molecular weight is 483 g/mol. The number of rotatable bonds is 7. The molecule has 0 atom stereocenters. The van der Waals surface area contributed by atoms with Crippen molar-refractivity contribution in [3.63, 3.8) is 0 Å². The van der Waals surface area contributed by atoms with Crippen molar-refractivity contribution in [2.75, 3.05) is 19.0 Å². The molecule has 8 nitrogen and oxygen atoms in total. The first-order chi connectivity index (χ1) is 17.4. The first-order valence-electron chi connectivity index (χ1n) is 11.4. The van der Waals surface area contributed by atoms with Crippen LogP contribution in [0.4, 0.5) is 17.1 Å². The SMILES string of the molecule is CCNC(=O)c1ccc(OC)c(/N=N/c2c(O)c(C(=O)Nc3ccc(C)cc3)cc3ccccc23)c1. The van der Waals surface area contributed by atoms with Gasteiger partial charge in [0.05, 0.1) is 12.7 Å². The maximum atomic E-state index is 13.1. The van der Waals surface area contributed by atoms with Gasteiger partial charge in [-0.15, -0.1) is 10.2 Å². The Hall–Kier alpha value is -4.72. The van der Waals surface area contributed by atoms with Crippen molar-refractivity contribution in [2.45, 2.75) is 13.8 Å². The Labute approximate surface area is 208 Å². The molecule has 2 amide bonds. The largest absolute Gasteiger partial charge is 0.505 e. The number of fused-ring (bicyclic) bond motifs is 1. The number of nitrogens with zero attached hydrogens (tertiary/aromatic N) is 2. The van der Waals surface area contributed by atoms with Crippen LogP contribution in [-0.2, 0) is 0 Å². The number of methoxy groups -OCH3 is 1. The number of aryl methyl sites for hydroxylation is 1. The van der Waals surface area contributed by atoms with E-state index in [1.807, 2.05) is 44.2 Å². The minimum Gasteiger partial charge on any atom is -0.505 e. The summed E-state index contributed by atoms with van der Waals surface area (Å²) in [5.41, 5.74) is 2.56. The lowest BCUT2D eigenvalue weighted by atomic mass is 10.0. The first-order valence-corrected chi connectivity index (χ1v) is 11.4. The van der Waals surface area contributed by atoms with Gasteiger partial charge in [-0.2, -0.15) is 0 Å². The van der Waals surface area contributed by atoms with Crippen LogP contribution in [-0.4, -0.2) is 30.6 Å². The molecule has 8 heteroatoms. The van der Waals surface area contributed by atoms with Crippen LogP contribution in [0.1, 0.15) is 33.2 Å². The van der Waals surface area contributed by atoms with Gasteiger partial charge in [-0.05, 0) is 55.6 Å². The van der Waals surface area contributed by atoms with Gasteiger partial charge in [0.1, 0.15) is 17.1 Å². The summed E-state index contributed by atoms with van der Waals surface area (Å²) >= 11 is 0. The van der Waals surface area contributed by atoms with Gasteiger partial charge in [-0.3, -0.25) is 9.59 Å². The maximum absolute atomic E-state index is 13.1. The molecule has 0 aliphatic rings. The quantitative estimate of drug-likeness (QED) is 0.269. The molecule has 0 spiro atoms. The highest BCUT2D eigenvalue weighted by atomic mass is 16.5. The van der Waals surface area contributed by atoms with Gasteiger partial charge in [-0.25, -0.2) is 0 Å². The third kappa shape index (κ3) is 5.17. The van der Waals surface area contributed by atoms with Crippen LogP contribution < -0.4 is 15.4 Å². The van der Waals surface area contributed by atoms with E-state index in [0.29, 0.717) is 40.0 Å². The predicted octanol–water partition coefficient (Wildman–Crippen LogP) is 6.28. The molecule has 182 valence electrons. The van der Waals surface area contributed by atoms with Crippen molar-refractivity contribution in [3.8, 4) is 11.5 Å². The minimum atomic E-state index is -0.477. The van der Waals surface area contributed by atoms with Crippen LogP contribution in [0, 0.1) is 6.92 Å². The second-order valence-corrected chi connectivity index (χ2v) is 8.11. The van der Waals surface area contributed by atoms with Crippen LogP contribution >= 0.6 is 0 Å². The van der Waals surface area contributed by atoms with E-state index in [1.54, 1.807) is 42.5 Å². The first kappa shape index (κ1) is 24.4. The lowest BCUT2D eigenvalue weighted by molar-refractivity contribution is 0.0954. The fourth-order valence-electron chi connectivity index (χ4n) is 3.70. The van der Waals surface area contributed by atoms with Crippen molar-refractivity contribution in [2.24, 2.45) is 10.2 Å². The fourth-order valence-corrected chi connectivity index (χ4v) is 3.70. The smallest absolute Gasteiger partial charge is 0.259 e. The topological polar surface area (TPSA) is 112 Å². The standard InChI is InChI=1S/C28H26N4O4/c1-4-29-27(34)19-11-14-24(36-3)23(16-19)31-32-25-21-8-6-5-7-18(21)15-22(26(25)33)28(35)30-20-12-9-17(2)10-13-20/h5-16,33H,4H2,1-3H3,(H,29,34)(H,30,35)/b32-31+. The molecule has 0 aliphatic heterocycles. The van der Waals surface area contributed by atoms with Crippen molar-refractivity contribution in [1.29, 1.82) is 0 Å². The third-order valence-electron chi connectivity index (χ3n) is 5.59. The summed E-state index contributed by atoms with van der Waals surface area (Å²) in [7, 11) is 1.49. The molecule has 0 unspecified atom stereocenters. The average Bonchev–Trinajstić information content (AvgIpc) is 2.89. The molecule has 4 aromatic rings. The zero-order chi connectivity index (χ0) is 25.7. The Balaban J connectivity index is 1.77. The van der Waals surface area contributed by atoms with Crippen molar-refractivity contribution in [3.05, 3.63) is 89.5 Å². The molecular formula is C28H26N4O4. The van der Waals surface area contributed by atoms with Crippen LogP contribution in [0.3, 0.4) is 0 Å². The van der Waals surface area contributed by atoms with Gasteiger partial charge < -0.3 is 20.5 Å². The Bertz CT molecular complexity index is 1460. The molecule has 0 saturated heterocycles. The number of azo groups is 1. The van der Waals surface area contributed by atoms with Crippen molar-refractivity contribution < 1.29 is 19.4 Å². The highest BCUT2D eigenvalue weighted by Gasteiger charge is 2.19. The number of anilines is 1. The zero-order valence-corrected chi connectivity index (χ0v) is 20.2. The lowest BCUT2D eigenvalue weighted by Gasteiger charge is -2.12. The normalized spacial score (nSPS) is 11.0. The number of aromatic hydroxyl groups is 1. The van der Waals surface area contributed by atoms with Gasteiger partial charge in [0.2, 0.25) is 0 Å². The monoisotopic (exact) mass is 482 g/mol. The molecule has 0 fully saturated rings. The number of ether oxygens (including phenoxy) is 1. The Morgan fingerprint density at radius 2 is 1.69 bits per heavy atom. The molecule has 0 heterocycles. The van der Waals surface area contributed by atoms with E-state index < -0.39 is 5.91 Å². The number of carbonyl (C=O) groups is 2.